The molecule has 0 heterocycles. The molecular weight excluding hydrogens is 344 g/mol. The Kier molecular flexibility index (Phi) is 7.40. The van der Waals surface area contributed by atoms with E-state index in [1.54, 1.807) is 0 Å². The lowest BCUT2D eigenvalue weighted by molar-refractivity contribution is 0.295. The number of hydrogen-bond acceptors (Lipinski definition) is 4. The molecule has 0 saturated heterocycles. The van der Waals surface area contributed by atoms with Crippen molar-refractivity contribution in [1.82, 2.24) is 0 Å². The van der Waals surface area contributed by atoms with Crippen LogP contribution in [-0.4, -0.2) is 18.0 Å². The van der Waals surface area contributed by atoms with Gasteiger partial charge in [0.25, 0.3) is 0 Å². The van der Waals surface area contributed by atoms with E-state index in [4.69, 9.17) is 10.5 Å². The summed E-state index contributed by atoms with van der Waals surface area (Å²) in [5, 5.41) is 7.95. The summed E-state index contributed by atoms with van der Waals surface area (Å²) >= 11 is 1.34. The van der Waals surface area contributed by atoms with Crippen molar-refractivity contribution in [3.63, 3.8) is 0 Å². The van der Waals surface area contributed by atoms with Gasteiger partial charge in [-0.3, -0.25) is 0 Å². The summed E-state index contributed by atoms with van der Waals surface area (Å²) in [6, 6.07) is 12.2. The molecule has 0 amide bonds. The maximum atomic E-state index is 13.6. The molecule has 0 radical (unpaired) electrons. The third-order valence-electron chi connectivity index (χ3n) is 3.07. The van der Waals surface area contributed by atoms with Crippen LogP contribution >= 0.6 is 11.8 Å². The van der Waals surface area contributed by atoms with Crippen molar-refractivity contribution < 1.29 is 13.5 Å². The quantitative estimate of drug-likeness (QED) is 0.452. The van der Waals surface area contributed by atoms with Crippen LogP contribution < -0.4 is 10.5 Å². The molecule has 0 aliphatic rings. The van der Waals surface area contributed by atoms with Gasteiger partial charge in [0.05, 0.1) is 12.8 Å². The predicted octanol–water partition coefficient (Wildman–Crippen LogP) is 4.34. The molecule has 132 valence electrons. The van der Waals surface area contributed by atoms with Crippen LogP contribution in [0.4, 0.5) is 8.78 Å². The first-order chi connectivity index (χ1) is 12.1. The van der Waals surface area contributed by atoms with E-state index in [2.05, 4.69) is 10.2 Å². The summed E-state index contributed by atoms with van der Waals surface area (Å²) in [7, 11) is 0. The monoisotopic (exact) mass is 363 g/mol. The Labute approximate surface area is 149 Å². The number of nitrogens with zero attached hydrogens (tertiary/aromatic N) is 2. The second-order valence-electron chi connectivity index (χ2n) is 5.12. The van der Waals surface area contributed by atoms with Crippen molar-refractivity contribution in [3.05, 3.63) is 65.2 Å². The first kappa shape index (κ1) is 18.9. The minimum absolute atomic E-state index is 0.140. The van der Waals surface area contributed by atoms with Gasteiger partial charge in [-0.2, -0.15) is 9.49 Å². The van der Waals surface area contributed by atoms with Gasteiger partial charge in [0, 0.05) is 11.3 Å². The lowest BCUT2D eigenvalue weighted by Crippen LogP contribution is -2.06. The van der Waals surface area contributed by atoms with Gasteiger partial charge >= 0.3 is 0 Å². The second kappa shape index (κ2) is 9.78. The summed E-state index contributed by atoms with van der Waals surface area (Å²) in [6.45, 7) is 2.18. The lowest BCUT2D eigenvalue weighted by atomic mass is 10.2. The van der Waals surface area contributed by atoms with Gasteiger partial charge in [0.15, 0.2) is 16.7 Å². The summed E-state index contributed by atoms with van der Waals surface area (Å²) in [6.07, 6.45) is 2.00. The molecule has 0 aliphatic heterocycles. The molecule has 2 aromatic rings. The molecular formula is C18H19F2N3OS. The molecule has 2 aromatic carbocycles. The highest BCUT2D eigenvalue weighted by molar-refractivity contribution is 8.13. The third-order valence-corrected chi connectivity index (χ3v) is 3.93. The fourth-order valence-electron chi connectivity index (χ4n) is 1.89. The lowest BCUT2D eigenvalue weighted by Gasteiger charge is -2.07. The van der Waals surface area contributed by atoms with Crippen LogP contribution in [0.25, 0.3) is 0 Å². The molecule has 2 N–H and O–H groups in total. The summed E-state index contributed by atoms with van der Waals surface area (Å²) in [5.74, 6) is -1.47. The molecule has 0 fully saturated rings. The van der Waals surface area contributed by atoms with Crippen molar-refractivity contribution in [2.24, 2.45) is 15.9 Å². The van der Waals surface area contributed by atoms with Crippen LogP contribution in [0, 0.1) is 11.6 Å². The maximum Gasteiger partial charge on any atom is 0.200 e. The molecule has 0 atom stereocenters. The minimum Gasteiger partial charge on any atom is -0.490 e. The van der Waals surface area contributed by atoms with Crippen LogP contribution in [0.15, 0.2) is 52.7 Å². The van der Waals surface area contributed by atoms with Crippen LogP contribution in [0.2, 0.25) is 0 Å². The molecule has 2 rings (SSSR count). The summed E-state index contributed by atoms with van der Waals surface area (Å²) in [4.78, 5) is 0. The molecule has 0 unspecified atom stereocenters. The van der Waals surface area contributed by atoms with Crippen LogP contribution in [-0.2, 0) is 5.75 Å². The zero-order valence-corrected chi connectivity index (χ0v) is 14.6. The highest BCUT2D eigenvalue weighted by Crippen LogP contribution is 2.22. The van der Waals surface area contributed by atoms with Gasteiger partial charge < -0.3 is 10.5 Å². The SMILES string of the molecule is CCCOc1cc(C=NN=C(N)SCc2ccccc2)cc(F)c1F. The number of nitrogens with two attached hydrogens (primary N) is 1. The molecule has 0 spiro atoms. The zero-order valence-electron chi connectivity index (χ0n) is 13.8. The predicted molar refractivity (Wildman–Crippen MR) is 99.1 cm³/mol. The average molecular weight is 363 g/mol. The molecule has 0 bridgehead atoms. The maximum absolute atomic E-state index is 13.6. The topological polar surface area (TPSA) is 60.0 Å². The van der Waals surface area contributed by atoms with Crippen LogP contribution in [0.3, 0.4) is 0 Å². The Morgan fingerprint density at radius 3 is 2.72 bits per heavy atom. The Morgan fingerprint density at radius 1 is 1.24 bits per heavy atom. The van der Waals surface area contributed by atoms with E-state index in [1.165, 1.54) is 24.0 Å². The average Bonchev–Trinajstić information content (AvgIpc) is 2.62. The van der Waals surface area contributed by atoms with Gasteiger partial charge in [-0.1, -0.05) is 49.0 Å². The smallest absolute Gasteiger partial charge is 0.200 e. The van der Waals surface area contributed by atoms with Crippen molar-refractivity contribution in [2.45, 2.75) is 19.1 Å². The number of amidine groups is 1. The van der Waals surface area contributed by atoms with E-state index < -0.39 is 11.6 Å². The van der Waals surface area contributed by atoms with Gasteiger partial charge in [0.2, 0.25) is 5.82 Å². The fraction of sp³-hybridized carbons (Fsp3) is 0.222. The number of thioether (sulfide) groups is 1. The normalized spacial score (nSPS) is 11.9. The molecule has 0 aliphatic carbocycles. The van der Waals surface area contributed by atoms with Gasteiger partial charge in [-0.25, -0.2) is 4.39 Å². The highest BCUT2D eigenvalue weighted by Gasteiger charge is 2.11. The minimum atomic E-state index is -1.01. The number of ether oxygens (including phenoxy) is 1. The largest absolute Gasteiger partial charge is 0.490 e. The molecule has 25 heavy (non-hydrogen) atoms. The second-order valence-corrected chi connectivity index (χ2v) is 6.12. The fourth-order valence-corrected chi connectivity index (χ4v) is 2.50. The van der Waals surface area contributed by atoms with Gasteiger partial charge in [-0.05, 0) is 24.1 Å². The number of halogens is 2. The van der Waals surface area contributed by atoms with Gasteiger partial charge in [-0.15, -0.1) is 5.10 Å². The Bertz CT molecular complexity index is 751. The van der Waals surface area contributed by atoms with E-state index in [-0.39, 0.29) is 10.9 Å². The van der Waals surface area contributed by atoms with E-state index in [0.29, 0.717) is 24.3 Å². The van der Waals surface area contributed by atoms with Crippen LogP contribution in [0.1, 0.15) is 24.5 Å². The summed E-state index contributed by atoms with van der Waals surface area (Å²) < 4.78 is 32.4. The van der Waals surface area contributed by atoms with Crippen molar-refractivity contribution in [3.8, 4) is 5.75 Å². The first-order valence-electron chi connectivity index (χ1n) is 7.75. The Morgan fingerprint density at radius 2 is 2.00 bits per heavy atom. The van der Waals surface area contributed by atoms with E-state index in [1.807, 2.05) is 37.3 Å². The summed E-state index contributed by atoms with van der Waals surface area (Å²) in [5.41, 5.74) is 7.24. The van der Waals surface area contributed by atoms with Crippen LogP contribution in [0.5, 0.6) is 5.75 Å². The molecule has 7 heteroatoms. The van der Waals surface area contributed by atoms with Gasteiger partial charge in [0.1, 0.15) is 0 Å². The molecule has 4 nitrogen and oxygen atoms in total. The Balaban J connectivity index is 1.99. The van der Waals surface area contributed by atoms with E-state index >= 15 is 0 Å². The number of benzene rings is 2. The standard InChI is InChI=1S/C18H19F2N3OS/c1-2-8-24-16-10-14(9-15(19)17(16)20)11-22-23-18(21)25-12-13-6-4-3-5-7-13/h3-7,9-11H,2,8,12H2,1H3,(H2,21,23). The van der Waals surface area contributed by atoms with E-state index in [9.17, 15) is 8.78 Å². The molecule has 0 aromatic heterocycles. The Hall–Kier alpha value is -2.41. The molecule has 0 saturated carbocycles. The first-order valence-corrected chi connectivity index (χ1v) is 8.73. The van der Waals surface area contributed by atoms with Crippen molar-refractivity contribution in [2.75, 3.05) is 6.61 Å². The van der Waals surface area contributed by atoms with E-state index in [0.717, 1.165) is 11.6 Å². The number of hydrogen-bond donors (Lipinski definition) is 1. The van der Waals surface area contributed by atoms with Crippen molar-refractivity contribution >= 4 is 23.1 Å². The third kappa shape index (κ3) is 6.19. The van der Waals surface area contributed by atoms with Crippen molar-refractivity contribution in [1.29, 1.82) is 0 Å². The zero-order chi connectivity index (χ0) is 18.1. The number of rotatable bonds is 7. The highest BCUT2D eigenvalue weighted by atomic mass is 32.2.